The number of hydrogen-bond acceptors (Lipinski definition) is 4. The van der Waals surface area contributed by atoms with E-state index in [0.717, 1.165) is 12.1 Å². The highest BCUT2D eigenvalue weighted by Crippen LogP contribution is 2.17. The van der Waals surface area contributed by atoms with E-state index >= 15 is 0 Å². The van der Waals surface area contributed by atoms with E-state index in [1.54, 1.807) is 12.4 Å². The molecule has 5 nitrogen and oxygen atoms in total. The van der Waals surface area contributed by atoms with Gasteiger partial charge >= 0.3 is 0 Å². The summed E-state index contributed by atoms with van der Waals surface area (Å²) in [6.07, 6.45) is 4.05. The summed E-state index contributed by atoms with van der Waals surface area (Å²) < 4.78 is 0. The van der Waals surface area contributed by atoms with Gasteiger partial charge in [0.25, 0.3) is 5.91 Å². The molecule has 0 unspecified atom stereocenters. The molecule has 0 atom stereocenters. The van der Waals surface area contributed by atoms with E-state index in [1.807, 2.05) is 26.0 Å². The minimum absolute atomic E-state index is 0.136. The van der Waals surface area contributed by atoms with E-state index in [9.17, 15) is 4.79 Å². The van der Waals surface area contributed by atoms with Gasteiger partial charge in [-0.15, -0.1) is 0 Å². The number of nitrogens with one attached hydrogen (secondary N) is 2. The first-order valence-corrected chi connectivity index (χ1v) is 7.89. The zero-order valence-electron chi connectivity index (χ0n) is 14.2. The molecular formula is C18H24N4O. The fraction of sp³-hybridized carbons (Fsp3) is 0.389. The van der Waals surface area contributed by atoms with Crippen molar-refractivity contribution in [1.82, 2.24) is 15.3 Å². The zero-order valence-corrected chi connectivity index (χ0v) is 14.2. The summed E-state index contributed by atoms with van der Waals surface area (Å²) in [5.74, 6) is 0.910. The topological polar surface area (TPSA) is 66.9 Å². The molecule has 1 amide bonds. The van der Waals surface area contributed by atoms with Gasteiger partial charge in [0.15, 0.2) is 0 Å². The average molecular weight is 312 g/mol. The number of amides is 1. The predicted molar refractivity (Wildman–Crippen MR) is 93.0 cm³/mol. The maximum atomic E-state index is 12.0. The number of aromatic nitrogens is 2. The van der Waals surface area contributed by atoms with Crippen LogP contribution in [0.15, 0.2) is 30.6 Å². The molecule has 2 rings (SSSR count). The lowest BCUT2D eigenvalue weighted by Crippen LogP contribution is -2.25. The Morgan fingerprint density at radius 3 is 2.26 bits per heavy atom. The van der Waals surface area contributed by atoms with E-state index in [2.05, 4.69) is 40.5 Å². The Hall–Kier alpha value is -2.43. The lowest BCUT2D eigenvalue weighted by molar-refractivity contribution is 0.0951. The summed E-state index contributed by atoms with van der Waals surface area (Å²) in [4.78, 5) is 20.4. The van der Waals surface area contributed by atoms with E-state index in [0.29, 0.717) is 24.0 Å². The second-order valence-electron chi connectivity index (χ2n) is 6.24. The van der Waals surface area contributed by atoms with Crippen molar-refractivity contribution in [2.24, 2.45) is 5.92 Å². The van der Waals surface area contributed by atoms with Gasteiger partial charge in [-0.3, -0.25) is 4.79 Å². The molecule has 5 heteroatoms. The number of benzene rings is 1. The molecule has 23 heavy (non-hydrogen) atoms. The van der Waals surface area contributed by atoms with E-state index in [1.165, 1.54) is 11.1 Å². The monoisotopic (exact) mass is 312 g/mol. The van der Waals surface area contributed by atoms with Gasteiger partial charge in [-0.2, -0.15) is 0 Å². The molecule has 0 fully saturated rings. The number of hydrogen-bond donors (Lipinski definition) is 2. The summed E-state index contributed by atoms with van der Waals surface area (Å²) in [5.41, 5.74) is 3.76. The van der Waals surface area contributed by atoms with Crippen LogP contribution >= 0.6 is 0 Å². The van der Waals surface area contributed by atoms with Crippen LogP contribution in [-0.4, -0.2) is 22.4 Å². The van der Waals surface area contributed by atoms with Gasteiger partial charge in [-0.05, 0) is 49.4 Å². The van der Waals surface area contributed by atoms with Gasteiger partial charge in [0.1, 0.15) is 0 Å². The number of rotatable bonds is 6. The highest BCUT2D eigenvalue weighted by Gasteiger charge is 2.07. The lowest BCUT2D eigenvalue weighted by Gasteiger charge is -2.09. The fourth-order valence-electron chi connectivity index (χ4n) is 2.26. The van der Waals surface area contributed by atoms with Crippen LogP contribution < -0.4 is 10.6 Å². The molecule has 0 saturated heterocycles. The third-order valence-corrected chi connectivity index (χ3v) is 3.40. The molecule has 0 aliphatic rings. The molecule has 1 heterocycles. The largest absolute Gasteiger partial charge is 0.352 e. The van der Waals surface area contributed by atoms with Gasteiger partial charge in [0, 0.05) is 24.6 Å². The van der Waals surface area contributed by atoms with Gasteiger partial charge in [0.2, 0.25) is 5.95 Å². The van der Waals surface area contributed by atoms with Crippen LogP contribution in [0, 0.1) is 19.8 Å². The first-order chi connectivity index (χ1) is 10.9. The summed E-state index contributed by atoms with van der Waals surface area (Å²) >= 11 is 0. The quantitative estimate of drug-likeness (QED) is 0.855. The summed E-state index contributed by atoms with van der Waals surface area (Å²) in [5, 5.41) is 6.03. The molecule has 2 aromatic rings. The van der Waals surface area contributed by atoms with Crippen LogP contribution in [0.25, 0.3) is 0 Å². The number of carbonyl (C=O) groups is 1. The summed E-state index contributed by atoms with van der Waals surface area (Å²) in [6, 6.07) is 6.17. The molecule has 0 saturated carbocycles. The van der Waals surface area contributed by atoms with Crippen molar-refractivity contribution in [2.75, 3.05) is 11.9 Å². The highest BCUT2D eigenvalue weighted by atomic mass is 16.1. The maximum absolute atomic E-state index is 12.0. The Bertz CT molecular complexity index is 645. The van der Waals surface area contributed by atoms with Crippen molar-refractivity contribution in [2.45, 2.75) is 34.1 Å². The summed E-state index contributed by atoms with van der Waals surface area (Å²) in [7, 11) is 0. The van der Waals surface area contributed by atoms with Crippen LogP contribution in [0.1, 0.15) is 41.8 Å². The Labute approximate surface area is 137 Å². The second kappa shape index (κ2) is 7.72. The number of nitrogens with zero attached hydrogens (tertiary/aromatic N) is 2. The van der Waals surface area contributed by atoms with Crippen LogP contribution in [0.2, 0.25) is 0 Å². The van der Waals surface area contributed by atoms with Gasteiger partial charge in [-0.25, -0.2) is 9.97 Å². The standard InChI is InChI=1S/C18H24N4O/c1-12(2)5-6-19-17(23)15-10-20-18(21-11-15)22-16-8-13(3)7-14(4)9-16/h7-12H,5-6H2,1-4H3,(H,19,23)(H,20,21,22). The molecule has 0 bridgehead atoms. The second-order valence-corrected chi connectivity index (χ2v) is 6.24. The third kappa shape index (κ3) is 5.36. The molecular weight excluding hydrogens is 288 g/mol. The van der Waals surface area contributed by atoms with Crippen molar-refractivity contribution in [1.29, 1.82) is 0 Å². The molecule has 0 aliphatic carbocycles. The van der Waals surface area contributed by atoms with Crippen LogP contribution in [0.5, 0.6) is 0 Å². The fourth-order valence-corrected chi connectivity index (χ4v) is 2.26. The molecule has 0 radical (unpaired) electrons. The maximum Gasteiger partial charge on any atom is 0.254 e. The lowest BCUT2D eigenvalue weighted by atomic mass is 10.1. The van der Waals surface area contributed by atoms with Gasteiger partial charge in [-0.1, -0.05) is 19.9 Å². The van der Waals surface area contributed by atoms with Crippen molar-refractivity contribution < 1.29 is 4.79 Å². The number of aryl methyl sites for hydroxylation is 2. The van der Waals surface area contributed by atoms with Crippen LogP contribution in [0.4, 0.5) is 11.6 Å². The molecule has 122 valence electrons. The Kier molecular flexibility index (Phi) is 5.68. The zero-order chi connectivity index (χ0) is 16.8. The Morgan fingerprint density at radius 1 is 1.09 bits per heavy atom. The van der Waals surface area contributed by atoms with Crippen molar-refractivity contribution in [3.05, 3.63) is 47.3 Å². The first kappa shape index (κ1) is 16.9. The number of carbonyl (C=O) groups excluding carboxylic acids is 1. The Morgan fingerprint density at radius 2 is 1.70 bits per heavy atom. The van der Waals surface area contributed by atoms with Gasteiger partial charge < -0.3 is 10.6 Å². The minimum atomic E-state index is -0.136. The van der Waals surface area contributed by atoms with E-state index in [4.69, 9.17) is 0 Å². The van der Waals surface area contributed by atoms with Crippen molar-refractivity contribution >= 4 is 17.5 Å². The summed E-state index contributed by atoms with van der Waals surface area (Å²) in [6.45, 7) is 9.01. The molecule has 1 aromatic heterocycles. The SMILES string of the molecule is Cc1cc(C)cc(Nc2ncc(C(=O)NCCC(C)C)cn2)c1. The third-order valence-electron chi connectivity index (χ3n) is 3.40. The van der Waals surface area contributed by atoms with Crippen LogP contribution in [0.3, 0.4) is 0 Å². The van der Waals surface area contributed by atoms with Crippen LogP contribution in [-0.2, 0) is 0 Å². The van der Waals surface area contributed by atoms with E-state index < -0.39 is 0 Å². The molecule has 2 N–H and O–H groups in total. The molecule has 1 aromatic carbocycles. The Balaban J connectivity index is 1.97. The van der Waals surface area contributed by atoms with Gasteiger partial charge in [0.05, 0.1) is 5.56 Å². The minimum Gasteiger partial charge on any atom is -0.352 e. The highest BCUT2D eigenvalue weighted by molar-refractivity contribution is 5.93. The first-order valence-electron chi connectivity index (χ1n) is 7.89. The van der Waals surface area contributed by atoms with Crippen molar-refractivity contribution in [3.8, 4) is 0 Å². The van der Waals surface area contributed by atoms with Crippen molar-refractivity contribution in [3.63, 3.8) is 0 Å². The average Bonchev–Trinajstić information content (AvgIpc) is 2.46. The molecule has 0 aliphatic heterocycles. The normalized spacial score (nSPS) is 10.7. The smallest absolute Gasteiger partial charge is 0.254 e. The predicted octanol–water partition coefficient (Wildman–Crippen LogP) is 3.61. The number of anilines is 2. The molecule has 0 spiro atoms. The van der Waals surface area contributed by atoms with E-state index in [-0.39, 0.29) is 5.91 Å².